The van der Waals surface area contributed by atoms with Gasteiger partial charge in [0.15, 0.2) is 28.9 Å². The van der Waals surface area contributed by atoms with Crippen LogP contribution in [0.3, 0.4) is 0 Å². The van der Waals surface area contributed by atoms with Crippen LogP contribution in [0.25, 0.3) is 0 Å². The standard InChI is InChI=1S/C11H10O5.Al.3H/c1-6(12)8-4-3-5-9(11(14)15)10(8)16-7(2)13;;;;/h3-5H,1-2H3,(H,14,15);;;;. The maximum atomic E-state index is 11.2. The van der Waals surface area contributed by atoms with Crippen molar-refractivity contribution < 1.29 is 24.2 Å². The predicted molar refractivity (Wildman–Crippen MR) is 64.7 cm³/mol. The van der Waals surface area contributed by atoms with Crippen LogP contribution in [0.4, 0.5) is 0 Å². The van der Waals surface area contributed by atoms with E-state index in [1.807, 2.05) is 0 Å². The molecule has 0 aliphatic heterocycles. The van der Waals surface area contributed by atoms with Gasteiger partial charge in [-0.05, 0) is 19.1 Å². The van der Waals surface area contributed by atoms with E-state index >= 15 is 0 Å². The summed E-state index contributed by atoms with van der Waals surface area (Å²) in [6.45, 7) is 2.41. The third-order valence-electron chi connectivity index (χ3n) is 1.87. The van der Waals surface area contributed by atoms with Crippen molar-refractivity contribution in [1.82, 2.24) is 0 Å². The van der Waals surface area contributed by atoms with Gasteiger partial charge in [0.25, 0.3) is 0 Å². The molecule has 0 spiro atoms. The van der Waals surface area contributed by atoms with Gasteiger partial charge in [-0.15, -0.1) is 0 Å². The van der Waals surface area contributed by atoms with E-state index in [0.717, 1.165) is 6.92 Å². The highest BCUT2D eigenvalue weighted by molar-refractivity contribution is 6.02. The minimum Gasteiger partial charge on any atom is -0.478 e. The first-order valence-corrected chi connectivity index (χ1v) is 4.49. The predicted octanol–water partition coefficient (Wildman–Crippen LogP) is 0.329. The second kappa shape index (κ2) is 6.19. The van der Waals surface area contributed by atoms with Crippen LogP contribution in [-0.4, -0.2) is 40.2 Å². The first-order chi connectivity index (χ1) is 7.43. The van der Waals surface area contributed by atoms with Gasteiger partial charge >= 0.3 is 11.9 Å². The first-order valence-electron chi connectivity index (χ1n) is 4.49. The molecule has 0 unspecified atom stereocenters. The smallest absolute Gasteiger partial charge is 0.339 e. The maximum Gasteiger partial charge on any atom is 0.339 e. The van der Waals surface area contributed by atoms with E-state index in [-0.39, 0.29) is 40.0 Å². The Balaban J connectivity index is 0.00000256. The molecule has 0 aromatic heterocycles. The lowest BCUT2D eigenvalue weighted by molar-refractivity contribution is -0.131. The topological polar surface area (TPSA) is 80.7 Å². The van der Waals surface area contributed by atoms with E-state index in [1.54, 1.807) is 0 Å². The van der Waals surface area contributed by atoms with E-state index in [4.69, 9.17) is 9.84 Å². The normalized spacial score (nSPS) is 9.06. The Bertz CT molecular complexity index is 435. The van der Waals surface area contributed by atoms with Crippen LogP contribution in [0.1, 0.15) is 34.6 Å². The first kappa shape index (κ1) is 15.4. The highest BCUT2D eigenvalue weighted by Gasteiger charge is 2.19. The molecule has 0 aliphatic rings. The van der Waals surface area contributed by atoms with Crippen LogP contribution in [-0.2, 0) is 4.79 Å². The number of para-hydroxylation sites is 1. The number of carboxylic acid groups (broad SMARTS) is 1. The average molecular weight is 252 g/mol. The van der Waals surface area contributed by atoms with Crippen molar-refractivity contribution in [1.29, 1.82) is 0 Å². The molecule has 90 valence electrons. The lowest BCUT2D eigenvalue weighted by Crippen LogP contribution is -2.11. The van der Waals surface area contributed by atoms with Crippen LogP contribution >= 0.6 is 0 Å². The van der Waals surface area contributed by atoms with Crippen molar-refractivity contribution in [3.63, 3.8) is 0 Å². The third kappa shape index (κ3) is 3.70. The van der Waals surface area contributed by atoms with Gasteiger partial charge in [0.2, 0.25) is 0 Å². The van der Waals surface area contributed by atoms with Crippen molar-refractivity contribution >= 4 is 35.1 Å². The molecule has 1 N–H and O–H groups in total. The second-order valence-electron chi connectivity index (χ2n) is 3.14. The third-order valence-corrected chi connectivity index (χ3v) is 1.87. The van der Waals surface area contributed by atoms with Gasteiger partial charge in [-0.2, -0.15) is 0 Å². The second-order valence-corrected chi connectivity index (χ2v) is 3.14. The van der Waals surface area contributed by atoms with Crippen LogP contribution < -0.4 is 4.74 Å². The molecule has 0 aliphatic carbocycles. The van der Waals surface area contributed by atoms with E-state index in [1.165, 1.54) is 25.1 Å². The Labute approximate surface area is 109 Å². The molecule has 0 heterocycles. The van der Waals surface area contributed by atoms with Gasteiger partial charge in [-0.1, -0.05) is 6.07 Å². The molecule has 0 atom stereocenters. The van der Waals surface area contributed by atoms with Crippen LogP contribution in [0.2, 0.25) is 0 Å². The zero-order valence-corrected chi connectivity index (χ0v) is 8.81. The number of carbonyl (C=O) groups excluding carboxylic acids is 2. The zero-order valence-electron chi connectivity index (χ0n) is 8.81. The van der Waals surface area contributed by atoms with Gasteiger partial charge in [-0.25, -0.2) is 4.79 Å². The Kier molecular flexibility index (Phi) is 5.59. The van der Waals surface area contributed by atoms with E-state index in [0.29, 0.717) is 0 Å². The highest BCUT2D eigenvalue weighted by Crippen LogP contribution is 2.24. The number of carbonyl (C=O) groups is 3. The molecule has 0 fully saturated rings. The lowest BCUT2D eigenvalue weighted by Gasteiger charge is -2.09. The molecule has 6 heteroatoms. The van der Waals surface area contributed by atoms with Gasteiger partial charge in [0, 0.05) is 6.92 Å². The summed E-state index contributed by atoms with van der Waals surface area (Å²) in [5.41, 5.74) is -0.127. The molecular formula is C11H13AlO5. The number of ether oxygens (including phenoxy) is 1. The molecule has 0 saturated carbocycles. The van der Waals surface area contributed by atoms with E-state index in [9.17, 15) is 14.4 Å². The quantitative estimate of drug-likeness (QED) is 0.363. The fourth-order valence-corrected chi connectivity index (χ4v) is 1.24. The fourth-order valence-electron chi connectivity index (χ4n) is 1.24. The average Bonchev–Trinajstić information content (AvgIpc) is 2.16. The van der Waals surface area contributed by atoms with Crippen molar-refractivity contribution in [2.45, 2.75) is 13.8 Å². The van der Waals surface area contributed by atoms with Crippen molar-refractivity contribution in [2.24, 2.45) is 0 Å². The van der Waals surface area contributed by atoms with Crippen LogP contribution in [0.15, 0.2) is 18.2 Å². The zero-order chi connectivity index (χ0) is 12.3. The lowest BCUT2D eigenvalue weighted by atomic mass is 10.1. The molecule has 0 radical (unpaired) electrons. The number of ketones is 1. The minimum atomic E-state index is -1.25. The molecule has 5 nitrogen and oxygen atoms in total. The molecule has 0 saturated heterocycles. The summed E-state index contributed by atoms with van der Waals surface area (Å²) >= 11 is 0. The molecule has 0 amide bonds. The Morgan fingerprint density at radius 1 is 1.12 bits per heavy atom. The van der Waals surface area contributed by atoms with Crippen molar-refractivity contribution in [3.8, 4) is 5.75 Å². The molecule has 1 aromatic carbocycles. The SMILES string of the molecule is CC(=O)Oc1c(C(C)=O)cccc1C(=O)O.[AlH3]. The van der Waals surface area contributed by atoms with Gasteiger partial charge in [-0.3, -0.25) is 9.59 Å². The molecule has 1 aromatic rings. The summed E-state index contributed by atoms with van der Waals surface area (Å²) in [6.07, 6.45) is 0. The summed E-state index contributed by atoms with van der Waals surface area (Å²) in [6, 6.07) is 4.10. The highest BCUT2D eigenvalue weighted by atomic mass is 27.0. The Morgan fingerprint density at radius 3 is 2.06 bits per heavy atom. The number of carboxylic acids is 1. The monoisotopic (exact) mass is 252 g/mol. The van der Waals surface area contributed by atoms with Gasteiger partial charge in [0.05, 0.1) is 5.56 Å². The number of benzene rings is 1. The fraction of sp³-hybridized carbons (Fsp3) is 0.182. The number of esters is 1. The largest absolute Gasteiger partial charge is 0.478 e. The maximum absolute atomic E-state index is 11.2. The number of rotatable bonds is 3. The molecule has 1 rings (SSSR count). The van der Waals surface area contributed by atoms with Crippen LogP contribution in [0, 0.1) is 0 Å². The van der Waals surface area contributed by atoms with Crippen molar-refractivity contribution in [3.05, 3.63) is 29.3 Å². The number of hydrogen-bond acceptors (Lipinski definition) is 4. The number of hydrogen-bond donors (Lipinski definition) is 1. The summed E-state index contributed by atoms with van der Waals surface area (Å²) in [4.78, 5) is 33.0. The van der Waals surface area contributed by atoms with E-state index in [2.05, 4.69) is 0 Å². The summed E-state index contributed by atoms with van der Waals surface area (Å²) < 4.78 is 4.76. The van der Waals surface area contributed by atoms with Crippen LogP contribution in [0.5, 0.6) is 5.75 Å². The molecule has 0 bridgehead atoms. The molecule has 17 heavy (non-hydrogen) atoms. The minimum absolute atomic E-state index is 0. The van der Waals surface area contributed by atoms with Crippen molar-refractivity contribution in [2.75, 3.05) is 0 Å². The number of aromatic carboxylic acids is 1. The summed E-state index contributed by atoms with van der Waals surface area (Å²) in [5, 5.41) is 8.88. The van der Waals surface area contributed by atoms with Gasteiger partial charge < -0.3 is 9.84 Å². The Hall–Kier alpha value is -1.64. The van der Waals surface area contributed by atoms with E-state index < -0.39 is 11.9 Å². The number of Topliss-reactive ketones (excluding diaryl/α,β-unsaturated/α-hetero) is 1. The summed E-state index contributed by atoms with van der Waals surface area (Å²) in [7, 11) is 0. The summed E-state index contributed by atoms with van der Waals surface area (Å²) in [5.74, 6) is -2.48. The Morgan fingerprint density at radius 2 is 1.65 bits per heavy atom. The van der Waals surface area contributed by atoms with Gasteiger partial charge in [0.1, 0.15) is 5.56 Å². The molecular weight excluding hydrogens is 239 g/mol.